The van der Waals surface area contributed by atoms with E-state index in [1.807, 2.05) is 59.5 Å². The van der Waals surface area contributed by atoms with Crippen LogP contribution in [0.15, 0.2) is 83.8 Å². The van der Waals surface area contributed by atoms with Gasteiger partial charge in [0, 0.05) is 19.3 Å². The predicted molar refractivity (Wildman–Crippen MR) is 118 cm³/mol. The van der Waals surface area contributed by atoms with Gasteiger partial charge < -0.3 is 9.64 Å². The molecule has 6 nitrogen and oxygen atoms in total. The summed E-state index contributed by atoms with van der Waals surface area (Å²) in [4.78, 5) is 17.3. The van der Waals surface area contributed by atoms with Crippen LogP contribution in [0.5, 0.6) is 5.75 Å². The first kappa shape index (κ1) is 19.6. The summed E-state index contributed by atoms with van der Waals surface area (Å²) in [6.07, 6.45) is 0.920. The van der Waals surface area contributed by atoms with Crippen LogP contribution in [0.1, 0.15) is 17.2 Å². The molecule has 0 N–H and O–H groups in total. The van der Waals surface area contributed by atoms with E-state index in [-0.39, 0.29) is 23.1 Å². The van der Waals surface area contributed by atoms with Gasteiger partial charge in [0.05, 0.1) is 16.6 Å². The number of para-hydroxylation sites is 2. The minimum atomic E-state index is -3.25. The Hall–Kier alpha value is -3.32. The number of carbonyl (C=O) groups is 1. The van der Waals surface area contributed by atoms with E-state index in [1.54, 1.807) is 29.2 Å². The molecule has 2 aliphatic rings. The van der Waals surface area contributed by atoms with Crippen LogP contribution in [0.2, 0.25) is 0 Å². The number of hydrogen-bond acceptors (Lipinski definition) is 4. The van der Waals surface area contributed by atoms with Crippen LogP contribution in [-0.2, 0) is 16.4 Å². The average Bonchev–Trinajstić information content (AvgIpc) is 3.10. The molecular weight excluding hydrogens is 412 g/mol. The molecule has 2 atom stereocenters. The summed E-state index contributed by atoms with van der Waals surface area (Å²) in [5, 5.41) is 0. The molecule has 0 spiro atoms. The van der Waals surface area contributed by atoms with E-state index >= 15 is 0 Å². The maximum Gasteiger partial charge on any atom is 0.325 e. The Kier molecular flexibility index (Phi) is 4.70. The van der Waals surface area contributed by atoms with Crippen LogP contribution in [0, 0.1) is 0 Å². The monoisotopic (exact) mass is 434 g/mol. The first-order valence-electron chi connectivity index (χ1n) is 10.1. The van der Waals surface area contributed by atoms with Crippen molar-refractivity contribution in [3.63, 3.8) is 0 Å². The van der Waals surface area contributed by atoms with Gasteiger partial charge in [-0.3, -0.25) is 4.90 Å². The fraction of sp³-hybridized carbons (Fsp3) is 0.208. The Morgan fingerprint density at radius 3 is 2.32 bits per heavy atom. The topological polar surface area (TPSA) is 66.9 Å². The SMILES string of the molecule is CS(=O)(=O)c1ccc(CN2CC3C(c4ccccc4)Oc4ccccc4N3C2=O)cc1. The number of amides is 2. The highest BCUT2D eigenvalue weighted by Gasteiger charge is 2.47. The molecule has 0 radical (unpaired) electrons. The molecule has 31 heavy (non-hydrogen) atoms. The number of benzene rings is 3. The minimum absolute atomic E-state index is 0.0751. The van der Waals surface area contributed by atoms with E-state index in [2.05, 4.69) is 0 Å². The highest BCUT2D eigenvalue weighted by atomic mass is 32.2. The Bertz CT molecular complexity index is 1230. The molecule has 2 aliphatic heterocycles. The zero-order valence-corrected chi connectivity index (χ0v) is 17.8. The number of ether oxygens (including phenoxy) is 1. The van der Waals surface area contributed by atoms with Gasteiger partial charge in [-0.1, -0.05) is 54.6 Å². The first-order valence-corrected chi connectivity index (χ1v) is 12.0. The molecule has 1 saturated heterocycles. The second kappa shape index (κ2) is 7.42. The van der Waals surface area contributed by atoms with Crippen LogP contribution < -0.4 is 9.64 Å². The van der Waals surface area contributed by atoms with E-state index < -0.39 is 9.84 Å². The third-order valence-corrected chi connectivity index (χ3v) is 6.93. The van der Waals surface area contributed by atoms with E-state index in [4.69, 9.17) is 4.74 Å². The maximum absolute atomic E-state index is 13.4. The van der Waals surface area contributed by atoms with Gasteiger partial charge in [-0.25, -0.2) is 13.2 Å². The van der Waals surface area contributed by atoms with Gasteiger partial charge in [-0.05, 0) is 35.4 Å². The summed E-state index contributed by atoms with van der Waals surface area (Å²) in [7, 11) is -3.25. The number of anilines is 1. The normalized spacial score (nSPS) is 20.2. The van der Waals surface area contributed by atoms with E-state index in [9.17, 15) is 13.2 Å². The third-order valence-electron chi connectivity index (χ3n) is 5.80. The van der Waals surface area contributed by atoms with Gasteiger partial charge in [0.15, 0.2) is 9.84 Å². The molecule has 0 saturated carbocycles. The van der Waals surface area contributed by atoms with E-state index in [0.29, 0.717) is 18.8 Å². The van der Waals surface area contributed by atoms with Crippen LogP contribution in [0.25, 0.3) is 0 Å². The van der Waals surface area contributed by atoms with Crippen LogP contribution in [-0.4, -0.2) is 38.2 Å². The van der Waals surface area contributed by atoms with E-state index in [0.717, 1.165) is 16.8 Å². The van der Waals surface area contributed by atoms with Crippen molar-refractivity contribution in [2.24, 2.45) is 0 Å². The van der Waals surface area contributed by atoms with Crippen LogP contribution in [0.3, 0.4) is 0 Å². The Labute approximate surface area is 181 Å². The Morgan fingerprint density at radius 2 is 1.61 bits per heavy atom. The fourth-order valence-corrected chi connectivity index (χ4v) is 4.92. The van der Waals surface area contributed by atoms with Crippen molar-refractivity contribution in [1.29, 1.82) is 0 Å². The van der Waals surface area contributed by atoms with Crippen molar-refractivity contribution in [2.75, 3.05) is 17.7 Å². The summed E-state index contributed by atoms with van der Waals surface area (Å²) in [6.45, 7) is 0.917. The Balaban J connectivity index is 1.46. The quantitative estimate of drug-likeness (QED) is 0.622. The van der Waals surface area contributed by atoms with Gasteiger partial charge >= 0.3 is 6.03 Å². The largest absolute Gasteiger partial charge is 0.481 e. The molecular formula is C24H22N2O4S. The van der Waals surface area contributed by atoms with Crippen molar-refractivity contribution in [3.8, 4) is 5.75 Å². The van der Waals surface area contributed by atoms with Crippen LogP contribution >= 0.6 is 0 Å². The van der Waals surface area contributed by atoms with Gasteiger partial charge in [0.2, 0.25) is 0 Å². The van der Waals surface area contributed by atoms with Crippen molar-refractivity contribution < 1.29 is 17.9 Å². The molecule has 1 fully saturated rings. The highest BCUT2D eigenvalue weighted by molar-refractivity contribution is 7.90. The molecule has 3 aromatic carbocycles. The molecule has 158 valence electrons. The molecule has 0 aromatic heterocycles. The zero-order chi connectivity index (χ0) is 21.6. The summed E-state index contributed by atoms with van der Waals surface area (Å²) in [5.74, 6) is 0.695. The van der Waals surface area contributed by atoms with E-state index in [1.165, 1.54) is 6.26 Å². The summed E-state index contributed by atoms with van der Waals surface area (Å²) in [5.41, 5.74) is 2.69. The molecule has 0 aliphatic carbocycles. The number of nitrogens with zero attached hydrogens (tertiary/aromatic N) is 2. The molecule has 5 rings (SSSR count). The first-order chi connectivity index (χ1) is 14.9. The van der Waals surface area contributed by atoms with Gasteiger partial charge in [0.1, 0.15) is 11.9 Å². The standard InChI is InChI=1S/C24H22N2O4S/c1-31(28,29)19-13-11-17(12-14-19)15-25-16-21-23(18-7-3-2-4-8-18)30-22-10-6-5-9-20(22)26(21)24(25)27/h2-14,21,23H,15-16H2,1H3. The second-order valence-corrected chi connectivity index (χ2v) is 9.95. The number of rotatable bonds is 4. The lowest BCUT2D eigenvalue weighted by Gasteiger charge is -2.37. The number of fused-ring (bicyclic) bond motifs is 3. The number of sulfone groups is 1. The smallest absolute Gasteiger partial charge is 0.325 e. The summed E-state index contributed by atoms with van der Waals surface area (Å²) >= 11 is 0. The zero-order valence-electron chi connectivity index (χ0n) is 17.0. The van der Waals surface area contributed by atoms with Gasteiger partial charge in [-0.2, -0.15) is 0 Å². The average molecular weight is 435 g/mol. The van der Waals surface area contributed by atoms with Gasteiger partial charge in [0.25, 0.3) is 0 Å². The number of hydrogen-bond donors (Lipinski definition) is 0. The summed E-state index contributed by atoms with van der Waals surface area (Å²) < 4.78 is 29.8. The van der Waals surface area contributed by atoms with Gasteiger partial charge in [-0.15, -0.1) is 0 Å². The molecule has 2 heterocycles. The van der Waals surface area contributed by atoms with Crippen molar-refractivity contribution in [3.05, 3.63) is 90.0 Å². The van der Waals surface area contributed by atoms with Crippen LogP contribution in [0.4, 0.5) is 10.5 Å². The molecule has 2 unspecified atom stereocenters. The number of urea groups is 1. The fourth-order valence-electron chi connectivity index (χ4n) is 4.29. The second-order valence-electron chi connectivity index (χ2n) is 7.93. The molecule has 7 heteroatoms. The Morgan fingerprint density at radius 1 is 0.935 bits per heavy atom. The lowest BCUT2D eigenvalue weighted by molar-refractivity contribution is 0.159. The molecule has 3 aromatic rings. The predicted octanol–water partition coefficient (Wildman–Crippen LogP) is 4.03. The lowest BCUT2D eigenvalue weighted by atomic mass is 9.99. The van der Waals surface area contributed by atoms with Crippen molar-refractivity contribution in [2.45, 2.75) is 23.6 Å². The lowest BCUT2D eigenvalue weighted by Crippen LogP contribution is -2.43. The number of carbonyl (C=O) groups excluding carboxylic acids is 1. The molecule has 2 amide bonds. The highest BCUT2D eigenvalue weighted by Crippen LogP contribution is 2.44. The summed E-state index contributed by atoms with van der Waals surface area (Å²) in [6, 6.07) is 24.0. The third kappa shape index (κ3) is 3.55. The minimum Gasteiger partial charge on any atom is -0.481 e. The maximum atomic E-state index is 13.4. The van der Waals surface area contributed by atoms with Crippen molar-refractivity contribution >= 4 is 21.6 Å². The van der Waals surface area contributed by atoms with Crippen molar-refractivity contribution in [1.82, 2.24) is 4.90 Å². The molecule has 0 bridgehead atoms.